The van der Waals surface area contributed by atoms with Gasteiger partial charge < -0.3 is 4.90 Å². The van der Waals surface area contributed by atoms with Crippen LogP contribution in [0.5, 0.6) is 0 Å². The standard InChI is InChI=1S/C13H15N3/c1-10(16(2)3)15-13-6-4-5-11-9-14-8-7-12(11)13/h4-9H,1-3H3/b15-10+. The van der Waals surface area contributed by atoms with E-state index in [4.69, 9.17) is 0 Å². The van der Waals surface area contributed by atoms with E-state index in [1.807, 2.05) is 56.4 Å². The highest BCUT2D eigenvalue weighted by molar-refractivity contribution is 5.95. The Bertz CT molecular complexity index is 524. The first-order valence-corrected chi connectivity index (χ1v) is 5.24. The number of pyridine rings is 1. The third kappa shape index (κ3) is 2.03. The van der Waals surface area contributed by atoms with Crippen LogP contribution < -0.4 is 0 Å². The van der Waals surface area contributed by atoms with Gasteiger partial charge in [0.2, 0.25) is 0 Å². The van der Waals surface area contributed by atoms with Crippen molar-refractivity contribution in [3.63, 3.8) is 0 Å². The van der Waals surface area contributed by atoms with E-state index >= 15 is 0 Å². The Balaban J connectivity index is 2.57. The van der Waals surface area contributed by atoms with E-state index in [-0.39, 0.29) is 0 Å². The number of aromatic nitrogens is 1. The summed E-state index contributed by atoms with van der Waals surface area (Å²) in [5.74, 6) is 0.990. The molecule has 1 aromatic heterocycles. The summed E-state index contributed by atoms with van der Waals surface area (Å²) >= 11 is 0. The molecule has 0 saturated carbocycles. The molecule has 2 aromatic rings. The zero-order chi connectivity index (χ0) is 11.5. The summed E-state index contributed by atoms with van der Waals surface area (Å²) in [5, 5.41) is 2.26. The Hall–Kier alpha value is -1.90. The minimum atomic E-state index is 0.990. The van der Waals surface area contributed by atoms with Gasteiger partial charge in [0, 0.05) is 37.3 Å². The molecule has 0 atom stereocenters. The van der Waals surface area contributed by atoms with E-state index in [1.54, 1.807) is 6.20 Å². The molecule has 0 N–H and O–H groups in total. The van der Waals surface area contributed by atoms with Gasteiger partial charge in [-0.1, -0.05) is 12.1 Å². The minimum absolute atomic E-state index is 0.990. The minimum Gasteiger partial charge on any atom is -0.366 e. The molecule has 0 amide bonds. The number of fused-ring (bicyclic) bond motifs is 1. The van der Waals surface area contributed by atoms with Crippen LogP contribution in [0.3, 0.4) is 0 Å². The predicted molar refractivity (Wildman–Crippen MR) is 68.2 cm³/mol. The number of amidine groups is 1. The van der Waals surface area contributed by atoms with Crippen molar-refractivity contribution < 1.29 is 0 Å². The summed E-state index contributed by atoms with van der Waals surface area (Å²) in [6, 6.07) is 8.07. The Morgan fingerprint density at radius 2 is 2.06 bits per heavy atom. The maximum atomic E-state index is 4.60. The van der Waals surface area contributed by atoms with Crippen LogP contribution in [-0.4, -0.2) is 29.8 Å². The zero-order valence-corrected chi connectivity index (χ0v) is 9.81. The second-order valence-corrected chi connectivity index (χ2v) is 3.93. The monoisotopic (exact) mass is 213 g/mol. The summed E-state index contributed by atoms with van der Waals surface area (Å²) < 4.78 is 0. The van der Waals surface area contributed by atoms with Crippen molar-refractivity contribution in [2.24, 2.45) is 4.99 Å². The molecule has 3 nitrogen and oxygen atoms in total. The molecule has 0 aliphatic heterocycles. The Morgan fingerprint density at radius 3 is 2.81 bits per heavy atom. The average Bonchev–Trinajstić information content (AvgIpc) is 2.29. The lowest BCUT2D eigenvalue weighted by Crippen LogP contribution is -2.17. The number of hydrogen-bond donors (Lipinski definition) is 0. The first kappa shape index (κ1) is 10.6. The van der Waals surface area contributed by atoms with Crippen molar-refractivity contribution >= 4 is 22.3 Å². The fourth-order valence-electron chi connectivity index (χ4n) is 1.48. The normalized spacial score (nSPS) is 11.8. The van der Waals surface area contributed by atoms with Crippen molar-refractivity contribution in [1.29, 1.82) is 0 Å². The molecule has 0 spiro atoms. The van der Waals surface area contributed by atoms with Gasteiger partial charge in [0.15, 0.2) is 0 Å². The molecule has 1 heterocycles. The van der Waals surface area contributed by atoms with Gasteiger partial charge in [-0.25, -0.2) is 4.99 Å². The Kier molecular flexibility index (Phi) is 2.86. The van der Waals surface area contributed by atoms with Crippen molar-refractivity contribution in [3.8, 4) is 0 Å². The third-order valence-electron chi connectivity index (χ3n) is 2.59. The lowest BCUT2D eigenvalue weighted by molar-refractivity contribution is 0.619. The molecule has 0 unspecified atom stereocenters. The molecule has 1 aromatic carbocycles. The number of benzene rings is 1. The van der Waals surface area contributed by atoms with Crippen molar-refractivity contribution in [1.82, 2.24) is 9.88 Å². The van der Waals surface area contributed by atoms with Crippen LogP contribution >= 0.6 is 0 Å². The first-order chi connectivity index (χ1) is 7.68. The van der Waals surface area contributed by atoms with Crippen LogP contribution in [0.15, 0.2) is 41.7 Å². The summed E-state index contributed by atoms with van der Waals surface area (Å²) in [5.41, 5.74) is 0.992. The van der Waals surface area contributed by atoms with E-state index in [2.05, 4.69) is 9.98 Å². The Labute approximate surface area is 95.4 Å². The topological polar surface area (TPSA) is 28.5 Å². The molecule has 3 heteroatoms. The summed E-state index contributed by atoms with van der Waals surface area (Å²) in [4.78, 5) is 10.7. The first-order valence-electron chi connectivity index (χ1n) is 5.24. The van der Waals surface area contributed by atoms with Crippen LogP contribution in [0, 0.1) is 0 Å². The Morgan fingerprint density at radius 1 is 1.25 bits per heavy atom. The maximum absolute atomic E-state index is 4.60. The number of nitrogens with zero attached hydrogens (tertiary/aromatic N) is 3. The van der Waals surface area contributed by atoms with Gasteiger partial charge in [0.25, 0.3) is 0 Å². The highest BCUT2D eigenvalue weighted by Gasteiger charge is 2.00. The second kappa shape index (κ2) is 4.31. The quantitative estimate of drug-likeness (QED) is 0.538. The lowest BCUT2D eigenvalue weighted by Gasteiger charge is -2.11. The number of hydrogen-bond acceptors (Lipinski definition) is 2. The molecule has 0 fully saturated rings. The molecule has 2 rings (SSSR count). The predicted octanol–water partition coefficient (Wildman–Crippen LogP) is 2.85. The highest BCUT2D eigenvalue weighted by Crippen LogP contribution is 2.25. The van der Waals surface area contributed by atoms with Crippen molar-refractivity contribution in [2.75, 3.05) is 14.1 Å². The van der Waals surface area contributed by atoms with Crippen molar-refractivity contribution in [2.45, 2.75) is 6.92 Å². The van der Waals surface area contributed by atoms with Crippen LogP contribution in [0.1, 0.15) is 6.92 Å². The smallest absolute Gasteiger partial charge is 0.101 e. The molecule has 0 aliphatic carbocycles. The van der Waals surface area contributed by atoms with E-state index in [0.717, 1.165) is 22.3 Å². The van der Waals surface area contributed by atoms with E-state index in [9.17, 15) is 0 Å². The van der Waals surface area contributed by atoms with Crippen molar-refractivity contribution in [3.05, 3.63) is 36.7 Å². The van der Waals surface area contributed by atoms with Gasteiger partial charge in [-0.05, 0) is 19.1 Å². The van der Waals surface area contributed by atoms with Gasteiger partial charge in [-0.15, -0.1) is 0 Å². The average molecular weight is 213 g/mol. The van der Waals surface area contributed by atoms with E-state index < -0.39 is 0 Å². The number of aliphatic imine (C=N–C) groups is 1. The molecule has 82 valence electrons. The van der Waals surface area contributed by atoms with Crippen LogP contribution in [0.2, 0.25) is 0 Å². The summed E-state index contributed by atoms with van der Waals surface area (Å²) in [7, 11) is 3.98. The molecule has 0 aliphatic rings. The largest absolute Gasteiger partial charge is 0.366 e. The third-order valence-corrected chi connectivity index (χ3v) is 2.59. The van der Waals surface area contributed by atoms with Gasteiger partial charge in [0.05, 0.1) is 5.69 Å². The number of rotatable bonds is 1. The van der Waals surface area contributed by atoms with Crippen LogP contribution in [0.25, 0.3) is 10.8 Å². The molecular weight excluding hydrogens is 198 g/mol. The molecular formula is C13H15N3. The SMILES string of the molecule is C/C(=N\c1cccc2cnccc12)N(C)C. The highest BCUT2D eigenvalue weighted by atomic mass is 15.1. The van der Waals surface area contributed by atoms with Gasteiger partial charge in [-0.2, -0.15) is 0 Å². The maximum Gasteiger partial charge on any atom is 0.101 e. The zero-order valence-electron chi connectivity index (χ0n) is 9.81. The fraction of sp³-hybridized carbons (Fsp3) is 0.231. The summed E-state index contributed by atoms with van der Waals surface area (Å²) in [6.07, 6.45) is 3.66. The molecule has 0 saturated heterocycles. The summed E-state index contributed by atoms with van der Waals surface area (Å²) in [6.45, 7) is 2.00. The van der Waals surface area contributed by atoms with E-state index in [0.29, 0.717) is 0 Å². The second-order valence-electron chi connectivity index (χ2n) is 3.93. The lowest BCUT2D eigenvalue weighted by atomic mass is 10.1. The van der Waals surface area contributed by atoms with Gasteiger partial charge >= 0.3 is 0 Å². The van der Waals surface area contributed by atoms with Crippen LogP contribution in [0.4, 0.5) is 5.69 Å². The molecule has 0 radical (unpaired) electrons. The fourth-order valence-corrected chi connectivity index (χ4v) is 1.48. The van der Waals surface area contributed by atoms with E-state index in [1.165, 1.54) is 0 Å². The van der Waals surface area contributed by atoms with Gasteiger partial charge in [0.1, 0.15) is 5.84 Å². The van der Waals surface area contributed by atoms with Gasteiger partial charge in [-0.3, -0.25) is 4.98 Å². The molecule has 16 heavy (non-hydrogen) atoms. The van der Waals surface area contributed by atoms with Crippen LogP contribution in [-0.2, 0) is 0 Å². The molecule has 0 bridgehead atoms.